The van der Waals surface area contributed by atoms with Gasteiger partial charge in [0, 0.05) is 10.9 Å². The third-order valence-corrected chi connectivity index (χ3v) is 7.20. The molecule has 1 aromatic carbocycles. The summed E-state index contributed by atoms with van der Waals surface area (Å²) in [6, 6.07) is 11.4. The number of ether oxygens (including phenoxy) is 1. The topological polar surface area (TPSA) is 49.9 Å². The van der Waals surface area contributed by atoms with Crippen molar-refractivity contribution in [2.75, 3.05) is 13.2 Å². The first-order valence-corrected chi connectivity index (χ1v) is 12.4. The highest BCUT2D eigenvalue weighted by atomic mass is 32.1. The van der Waals surface area contributed by atoms with Crippen LogP contribution in [0.5, 0.6) is 5.75 Å². The molecule has 1 aliphatic heterocycles. The molecule has 1 atom stereocenters. The first kappa shape index (κ1) is 21.9. The Bertz CT molecular complexity index is 859. The van der Waals surface area contributed by atoms with Gasteiger partial charge in [-0.15, -0.1) is 11.3 Å². The molecule has 1 aliphatic carbocycles. The maximum absolute atomic E-state index is 13.7. The second-order valence-electron chi connectivity index (χ2n) is 8.53. The molecule has 1 unspecified atom stereocenters. The summed E-state index contributed by atoms with van der Waals surface area (Å²) in [6.07, 6.45) is 7.60. The smallest absolute Gasteiger partial charge is 0.250 e. The second kappa shape index (κ2) is 10.3. The van der Waals surface area contributed by atoms with E-state index in [1.807, 2.05) is 46.7 Å². The number of hydrogen-bond donors (Lipinski definition) is 0. The van der Waals surface area contributed by atoms with Crippen molar-refractivity contribution in [2.24, 2.45) is 0 Å². The lowest BCUT2D eigenvalue weighted by Gasteiger charge is -2.44. The average Bonchev–Trinajstić information content (AvgIpc) is 3.31. The standard InChI is InChI=1S/C25H32N2O3S/c1-2-3-15-30-21-13-11-19(12-14-21)24-25(29)26(20-8-5-4-6-9-20)18-23(28)27(24)17-22-10-7-16-31-22/h7,10-14,16,20,24H,2-6,8-9,15,17-18H2,1H3. The van der Waals surface area contributed by atoms with Gasteiger partial charge in [0.05, 0.1) is 13.2 Å². The van der Waals surface area contributed by atoms with Gasteiger partial charge in [-0.25, -0.2) is 0 Å². The van der Waals surface area contributed by atoms with Crippen LogP contribution in [0.1, 0.15) is 68.4 Å². The van der Waals surface area contributed by atoms with Crippen molar-refractivity contribution in [1.82, 2.24) is 9.80 Å². The summed E-state index contributed by atoms with van der Waals surface area (Å²) in [5, 5.41) is 2.01. The molecule has 2 heterocycles. The SMILES string of the molecule is CCCCOc1ccc(C2C(=O)N(C3CCCCC3)CC(=O)N2Cc2cccs2)cc1. The number of piperazine rings is 1. The summed E-state index contributed by atoms with van der Waals surface area (Å²) in [4.78, 5) is 31.7. The van der Waals surface area contributed by atoms with Gasteiger partial charge in [-0.1, -0.05) is 50.8 Å². The number of amides is 2. The Morgan fingerprint density at radius 3 is 2.52 bits per heavy atom. The predicted molar refractivity (Wildman–Crippen MR) is 123 cm³/mol. The van der Waals surface area contributed by atoms with E-state index in [0.29, 0.717) is 13.2 Å². The molecule has 1 saturated carbocycles. The molecule has 2 aliphatic rings. The van der Waals surface area contributed by atoms with E-state index < -0.39 is 6.04 Å². The average molecular weight is 441 g/mol. The number of rotatable bonds is 8. The summed E-state index contributed by atoms with van der Waals surface area (Å²) in [6.45, 7) is 3.50. The van der Waals surface area contributed by atoms with Gasteiger partial charge < -0.3 is 14.5 Å². The monoisotopic (exact) mass is 440 g/mol. The van der Waals surface area contributed by atoms with Gasteiger partial charge in [0.1, 0.15) is 18.3 Å². The molecule has 0 radical (unpaired) electrons. The molecule has 0 bridgehead atoms. The van der Waals surface area contributed by atoms with Crippen LogP contribution in [0.25, 0.3) is 0 Å². The molecule has 166 valence electrons. The van der Waals surface area contributed by atoms with Crippen molar-refractivity contribution in [1.29, 1.82) is 0 Å². The minimum atomic E-state index is -0.574. The number of carbonyl (C=O) groups excluding carboxylic acids is 2. The first-order valence-electron chi connectivity index (χ1n) is 11.5. The highest BCUT2D eigenvalue weighted by Gasteiger charge is 2.43. The molecule has 1 aromatic heterocycles. The molecule has 31 heavy (non-hydrogen) atoms. The van der Waals surface area contributed by atoms with E-state index in [2.05, 4.69) is 6.92 Å². The molecule has 0 N–H and O–H groups in total. The normalized spacial score (nSPS) is 20.4. The predicted octanol–water partition coefficient (Wildman–Crippen LogP) is 5.17. The number of benzene rings is 1. The van der Waals surface area contributed by atoms with Crippen LogP contribution in [0.2, 0.25) is 0 Å². The Hall–Kier alpha value is -2.34. The van der Waals surface area contributed by atoms with Gasteiger partial charge in [-0.2, -0.15) is 0 Å². The van der Waals surface area contributed by atoms with E-state index in [4.69, 9.17) is 4.74 Å². The Morgan fingerprint density at radius 2 is 1.84 bits per heavy atom. The third kappa shape index (κ3) is 5.12. The molecular formula is C25H32N2O3S. The van der Waals surface area contributed by atoms with E-state index >= 15 is 0 Å². The van der Waals surface area contributed by atoms with Gasteiger partial charge in [0.15, 0.2) is 0 Å². The Kier molecular flexibility index (Phi) is 7.28. The second-order valence-corrected chi connectivity index (χ2v) is 9.56. The van der Waals surface area contributed by atoms with Crippen molar-refractivity contribution in [2.45, 2.75) is 70.5 Å². The van der Waals surface area contributed by atoms with E-state index in [9.17, 15) is 9.59 Å². The van der Waals surface area contributed by atoms with Crippen molar-refractivity contribution < 1.29 is 14.3 Å². The fourth-order valence-corrected chi connectivity index (χ4v) is 5.31. The Balaban J connectivity index is 1.59. The summed E-state index contributed by atoms with van der Waals surface area (Å²) >= 11 is 1.62. The van der Waals surface area contributed by atoms with Crippen LogP contribution in [-0.2, 0) is 16.1 Å². The molecule has 6 heteroatoms. The van der Waals surface area contributed by atoms with Crippen LogP contribution in [-0.4, -0.2) is 40.8 Å². The summed E-state index contributed by atoms with van der Waals surface area (Å²) in [7, 11) is 0. The lowest BCUT2D eigenvalue weighted by molar-refractivity contribution is -0.159. The van der Waals surface area contributed by atoms with Crippen molar-refractivity contribution in [3.63, 3.8) is 0 Å². The van der Waals surface area contributed by atoms with E-state index in [-0.39, 0.29) is 24.4 Å². The maximum Gasteiger partial charge on any atom is 0.250 e. The van der Waals surface area contributed by atoms with Gasteiger partial charge in [-0.3, -0.25) is 9.59 Å². The van der Waals surface area contributed by atoms with E-state index in [1.165, 1.54) is 6.42 Å². The minimum absolute atomic E-state index is 0.0341. The summed E-state index contributed by atoms with van der Waals surface area (Å²) in [5.74, 6) is 0.898. The lowest BCUT2D eigenvalue weighted by atomic mass is 9.91. The zero-order valence-corrected chi connectivity index (χ0v) is 19.1. The minimum Gasteiger partial charge on any atom is -0.494 e. The molecule has 2 amide bonds. The highest BCUT2D eigenvalue weighted by Crippen LogP contribution is 2.34. The third-order valence-electron chi connectivity index (χ3n) is 6.34. The lowest BCUT2D eigenvalue weighted by Crippen LogP contribution is -2.58. The van der Waals surface area contributed by atoms with Gasteiger partial charge >= 0.3 is 0 Å². The highest BCUT2D eigenvalue weighted by molar-refractivity contribution is 7.09. The zero-order valence-electron chi connectivity index (χ0n) is 18.3. The van der Waals surface area contributed by atoms with Crippen molar-refractivity contribution >= 4 is 23.2 Å². The van der Waals surface area contributed by atoms with Crippen LogP contribution >= 0.6 is 11.3 Å². The quantitative estimate of drug-likeness (QED) is 0.532. The van der Waals surface area contributed by atoms with E-state index in [0.717, 1.165) is 54.7 Å². The molecule has 1 saturated heterocycles. The van der Waals surface area contributed by atoms with Crippen LogP contribution in [0.3, 0.4) is 0 Å². The van der Waals surface area contributed by atoms with Gasteiger partial charge in [-0.05, 0) is 48.4 Å². The Morgan fingerprint density at radius 1 is 1.06 bits per heavy atom. The van der Waals surface area contributed by atoms with Crippen LogP contribution in [0.15, 0.2) is 41.8 Å². The largest absolute Gasteiger partial charge is 0.494 e. The van der Waals surface area contributed by atoms with Crippen LogP contribution in [0.4, 0.5) is 0 Å². The molecule has 5 nitrogen and oxygen atoms in total. The number of nitrogens with zero attached hydrogens (tertiary/aromatic N) is 2. The molecule has 2 aromatic rings. The fourth-order valence-electron chi connectivity index (χ4n) is 4.60. The van der Waals surface area contributed by atoms with E-state index in [1.54, 1.807) is 16.2 Å². The number of thiophene rings is 1. The summed E-state index contributed by atoms with van der Waals surface area (Å²) in [5.41, 5.74) is 0.859. The molecule has 4 rings (SSSR count). The summed E-state index contributed by atoms with van der Waals surface area (Å²) < 4.78 is 5.79. The van der Waals surface area contributed by atoms with Crippen LogP contribution < -0.4 is 4.74 Å². The fraction of sp³-hybridized carbons (Fsp3) is 0.520. The van der Waals surface area contributed by atoms with Crippen molar-refractivity contribution in [3.8, 4) is 5.75 Å². The van der Waals surface area contributed by atoms with Gasteiger partial charge in [0.2, 0.25) is 5.91 Å². The zero-order chi connectivity index (χ0) is 21.6. The van der Waals surface area contributed by atoms with Gasteiger partial charge in [0.25, 0.3) is 5.91 Å². The first-order chi connectivity index (χ1) is 15.2. The molecule has 2 fully saturated rings. The van der Waals surface area contributed by atoms with Crippen LogP contribution in [0, 0.1) is 0 Å². The maximum atomic E-state index is 13.7. The molecule has 0 spiro atoms. The Labute approximate surface area is 189 Å². The number of unbranched alkanes of at least 4 members (excludes halogenated alkanes) is 1. The number of carbonyl (C=O) groups is 2. The van der Waals surface area contributed by atoms with Crippen molar-refractivity contribution in [3.05, 3.63) is 52.2 Å². The number of hydrogen-bond acceptors (Lipinski definition) is 4. The molecular weight excluding hydrogens is 408 g/mol.